The van der Waals surface area contributed by atoms with Gasteiger partial charge in [0.15, 0.2) is 0 Å². The first-order valence-corrected chi connectivity index (χ1v) is 18.4. The minimum absolute atomic E-state index is 0.0666. The van der Waals surface area contributed by atoms with Gasteiger partial charge in [-0.2, -0.15) is 5.01 Å². The summed E-state index contributed by atoms with van der Waals surface area (Å²) in [6.07, 6.45) is 0.243. The van der Waals surface area contributed by atoms with Crippen LogP contribution in [0.4, 0.5) is 0 Å². The van der Waals surface area contributed by atoms with Gasteiger partial charge in [0.05, 0.1) is 15.7 Å². The van der Waals surface area contributed by atoms with Crippen LogP contribution in [0.25, 0.3) is 58.8 Å². The molecule has 246 valence electrons. The zero-order valence-electron chi connectivity index (χ0n) is 28.3. The summed E-state index contributed by atoms with van der Waals surface area (Å²) >= 11 is 1.90. The van der Waals surface area contributed by atoms with Crippen molar-refractivity contribution in [3.05, 3.63) is 187 Å². The number of fused-ring (bicyclic) bond motifs is 7. The summed E-state index contributed by atoms with van der Waals surface area (Å²) in [5, 5.41) is 13.8. The van der Waals surface area contributed by atoms with Gasteiger partial charge in [-0.1, -0.05) is 140 Å². The second-order valence-corrected chi connectivity index (χ2v) is 14.5. The molecular weight excluding hydrogens is 641 g/mol. The van der Waals surface area contributed by atoms with Crippen LogP contribution in [-0.2, 0) is 6.54 Å². The molecule has 1 aliphatic heterocycles. The first-order valence-electron chi connectivity index (χ1n) is 17.6. The number of nitrogens with zero attached hydrogens (tertiary/aromatic N) is 3. The van der Waals surface area contributed by atoms with Crippen molar-refractivity contribution < 1.29 is 0 Å². The Balaban J connectivity index is 1.12. The standard InChI is InChI=1S/C46H36N4S/c1-47-45(33-17-7-3-8-18-33)50-46(34-19-9-4-10-20-34)48(50)30-31-14-13-21-36(28-31)49-41-27-24-35(32-15-5-2-6-16-32)29-40(41)38-25-26-39-37-22-11-12-23-42(37)51-44(39)43(38)49/h2-29,45-47H,30H2,1H3. The highest BCUT2D eigenvalue weighted by Gasteiger charge is 2.50. The summed E-state index contributed by atoms with van der Waals surface area (Å²) in [6.45, 7) is 0.798. The molecule has 0 bridgehead atoms. The Kier molecular flexibility index (Phi) is 7.33. The van der Waals surface area contributed by atoms with E-state index >= 15 is 0 Å². The van der Waals surface area contributed by atoms with Crippen molar-refractivity contribution >= 4 is 53.3 Å². The highest BCUT2D eigenvalue weighted by molar-refractivity contribution is 7.26. The fourth-order valence-electron chi connectivity index (χ4n) is 8.06. The fourth-order valence-corrected chi connectivity index (χ4v) is 9.30. The number of rotatable bonds is 8. The Bertz CT molecular complexity index is 2680. The molecule has 0 amide bonds. The summed E-state index contributed by atoms with van der Waals surface area (Å²) < 4.78 is 5.16. The molecule has 51 heavy (non-hydrogen) atoms. The van der Waals surface area contributed by atoms with E-state index < -0.39 is 0 Å². The molecule has 1 aliphatic rings. The van der Waals surface area contributed by atoms with Crippen molar-refractivity contribution in [2.24, 2.45) is 0 Å². The van der Waals surface area contributed by atoms with E-state index in [1.54, 1.807) is 0 Å². The van der Waals surface area contributed by atoms with Crippen LogP contribution in [0.1, 0.15) is 29.0 Å². The lowest BCUT2D eigenvalue weighted by Crippen LogP contribution is -2.26. The molecule has 10 rings (SSSR count). The first kappa shape index (κ1) is 30.3. The summed E-state index contributed by atoms with van der Waals surface area (Å²) in [7, 11) is 2.05. The van der Waals surface area contributed by atoms with E-state index in [1.807, 2.05) is 11.3 Å². The number of hydrazine groups is 1. The van der Waals surface area contributed by atoms with Gasteiger partial charge in [0.25, 0.3) is 0 Å². The minimum atomic E-state index is 0.0666. The van der Waals surface area contributed by atoms with Gasteiger partial charge < -0.3 is 4.57 Å². The van der Waals surface area contributed by atoms with Crippen LogP contribution in [0.2, 0.25) is 0 Å². The van der Waals surface area contributed by atoms with Gasteiger partial charge in [0.2, 0.25) is 0 Å². The molecule has 0 radical (unpaired) electrons. The zero-order valence-corrected chi connectivity index (χ0v) is 29.1. The van der Waals surface area contributed by atoms with E-state index in [-0.39, 0.29) is 12.3 Å². The Hall–Kier alpha value is -5.56. The molecule has 4 nitrogen and oxygen atoms in total. The van der Waals surface area contributed by atoms with Gasteiger partial charge in [-0.25, -0.2) is 5.01 Å². The smallest absolute Gasteiger partial charge is 0.117 e. The number of hydrogen-bond acceptors (Lipinski definition) is 4. The van der Waals surface area contributed by atoms with Crippen molar-refractivity contribution in [2.75, 3.05) is 7.05 Å². The Morgan fingerprint density at radius 2 is 1.33 bits per heavy atom. The number of benzene rings is 7. The van der Waals surface area contributed by atoms with Crippen molar-refractivity contribution in [1.82, 2.24) is 19.9 Å². The summed E-state index contributed by atoms with van der Waals surface area (Å²) in [5.41, 5.74) is 9.98. The average Bonchev–Trinajstić information content (AvgIpc) is 3.58. The van der Waals surface area contributed by atoms with Gasteiger partial charge in [0, 0.05) is 38.5 Å². The quantitative estimate of drug-likeness (QED) is 0.162. The molecule has 1 N–H and O–H groups in total. The lowest BCUT2D eigenvalue weighted by atomic mass is 10.0. The largest absolute Gasteiger partial charge is 0.308 e. The first-order chi connectivity index (χ1) is 25.3. The molecule has 9 aromatic rings. The van der Waals surface area contributed by atoms with Crippen LogP contribution < -0.4 is 5.32 Å². The molecule has 5 heteroatoms. The van der Waals surface area contributed by atoms with E-state index in [0.29, 0.717) is 0 Å². The van der Waals surface area contributed by atoms with Gasteiger partial charge in [-0.15, -0.1) is 11.3 Å². The highest BCUT2D eigenvalue weighted by Crippen LogP contribution is 2.48. The molecule has 1 fully saturated rings. The predicted octanol–water partition coefficient (Wildman–Crippen LogP) is 11.5. The third-order valence-electron chi connectivity index (χ3n) is 10.4. The Morgan fingerprint density at radius 1 is 0.608 bits per heavy atom. The molecule has 0 saturated carbocycles. The Labute approximate surface area is 301 Å². The fraction of sp³-hybridized carbons (Fsp3) is 0.0870. The maximum Gasteiger partial charge on any atom is 0.117 e. The second kappa shape index (κ2) is 12.3. The monoisotopic (exact) mass is 676 g/mol. The number of nitrogens with one attached hydrogen (secondary N) is 1. The van der Waals surface area contributed by atoms with Crippen LogP contribution >= 0.6 is 11.3 Å². The molecule has 0 aliphatic carbocycles. The lowest BCUT2D eigenvalue weighted by Gasteiger charge is -2.19. The van der Waals surface area contributed by atoms with Crippen LogP contribution in [0.3, 0.4) is 0 Å². The third kappa shape index (κ3) is 5.09. The maximum atomic E-state index is 3.60. The molecule has 4 atom stereocenters. The predicted molar refractivity (Wildman–Crippen MR) is 214 cm³/mol. The average molecular weight is 677 g/mol. The minimum Gasteiger partial charge on any atom is -0.308 e. The van der Waals surface area contributed by atoms with Crippen LogP contribution in [0.15, 0.2) is 170 Å². The van der Waals surface area contributed by atoms with E-state index in [1.165, 1.54) is 75.5 Å². The Morgan fingerprint density at radius 3 is 2.14 bits per heavy atom. The maximum absolute atomic E-state index is 3.60. The van der Waals surface area contributed by atoms with Gasteiger partial charge in [0.1, 0.15) is 12.3 Å². The molecule has 4 unspecified atom stereocenters. The molecule has 1 saturated heterocycles. The van der Waals surface area contributed by atoms with Crippen molar-refractivity contribution in [3.8, 4) is 16.8 Å². The van der Waals surface area contributed by atoms with Gasteiger partial charge in [-0.05, 0) is 65.2 Å². The molecule has 7 aromatic carbocycles. The summed E-state index contributed by atoms with van der Waals surface area (Å²) in [6, 6.07) is 61.9. The molecule has 3 heterocycles. The molecule has 0 spiro atoms. The van der Waals surface area contributed by atoms with Gasteiger partial charge >= 0.3 is 0 Å². The van der Waals surface area contributed by atoms with Crippen LogP contribution in [-0.4, -0.2) is 21.6 Å². The molecular formula is C46H36N4S. The number of hydrogen-bond donors (Lipinski definition) is 1. The summed E-state index contributed by atoms with van der Waals surface area (Å²) in [5.74, 6) is 0. The number of aromatic nitrogens is 1. The van der Waals surface area contributed by atoms with Crippen LogP contribution in [0.5, 0.6) is 0 Å². The van der Waals surface area contributed by atoms with Gasteiger partial charge in [-0.3, -0.25) is 5.32 Å². The van der Waals surface area contributed by atoms with Crippen LogP contribution in [0, 0.1) is 0 Å². The lowest BCUT2D eigenvalue weighted by molar-refractivity contribution is 0.209. The normalized spacial score (nSPS) is 17.8. The SMILES string of the molecule is CNC(c1ccccc1)N1C(c2ccccc2)N1Cc1cccc(-n2c3ccc(-c4ccccc4)cc3c3ccc4c5ccccc5sc4c32)c1. The van der Waals surface area contributed by atoms with E-state index in [4.69, 9.17) is 0 Å². The van der Waals surface area contributed by atoms with E-state index in [0.717, 1.165) is 6.54 Å². The highest BCUT2D eigenvalue weighted by atomic mass is 32.1. The number of thiophene rings is 1. The van der Waals surface area contributed by atoms with E-state index in [2.05, 4.69) is 197 Å². The zero-order chi connectivity index (χ0) is 33.9. The van der Waals surface area contributed by atoms with E-state index in [9.17, 15) is 0 Å². The third-order valence-corrected chi connectivity index (χ3v) is 11.6. The topological polar surface area (TPSA) is 23.0 Å². The van der Waals surface area contributed by atoms with Crippen molar-refractivity contribution in [2.45, 2.75) is 18.9 Å². The summed E-state index contributed by atoms with van der Waals surface area (Å²) in [4.78, 5) is 0. The van der Waals surface area contributed by atoms with Crippen molar-refractivity contribution in [1.29, 1.82) is 0 Å². The molecule has 2 aromatic heterocycles. The van der Waals surface area contributed by atoms with Crippen molar-refractivity contribution in [3.63, 3.8) is 0 Å². The second-order valence-electron chi connectivity index (χ2n) is 13.4.